The summed E-state index contributed by atoms with van der Waals surface area (Å²) in [5.41, 5.74) is 0.263. The van der Waals surface area contributed by atoms with Crippen molar-refractivity contribution in [2.24, 2.45) is 0 Å². The normalized spacial score (nSPS) is 12.1. The molecule has 1 aromatic carbocycles. The number of halogens is 3. The van der Waals surface area contributed by atoms with Crippen molar-refractivity contribution >= 4 is 0 Å². The van der Waals surface area contributed by atoms with Crippen molar-refractivity contribution in [3.63, 3.8) is 0 Å². The molecule has 18 heavy (non-hydrogen) atoms. The number of nitrogens with zero attached hydrogens (tertiary/aromatic N) is 1. The Morgan fingerprint density at radius 3 is 2.28 bits per heavy atom. The van der Waals surface area contributed by atoms with Gasteiger partial charge in [-0.2, -0.15) is 13.2 Å². The van der Waals surface area contributed by atoms with Crippen molar-refractivity contribution in [3.8, 4) is 0 Å². The van der Waals surface area contributed by atoms with Gasteiger partial charge in [-0.05, 0) is 31.3 Å². The van der Waals surface area contributed by atoms with Crippen molar-refractivity contribution in [1.82, 2.24) is 10.2 Å². The first-order valence-corrected chi connectivity index (χ1v) is 5.99. The maximum atomic E-state index is 12.3. The first kappa shape index (κ1) is 15.0. The second-order valence-corrected chi connectivity index (χ2v) is 4.27. The fraction of sp³-hybridized carbons (Fsp3) is 0.538. The predicted octanol–water partition coefficient (Wildman–Crippen LogP) is 2.75. The smallest absolute Gasteiger partial charge is 0.311 e. The highest BCUT2D eigenvalue weighted by molar-refractivity contribution is 5.24. The monoisotopic (exact) mass is 260 g/mol. The molecule has 0 bridgehead atoms. The zero-order valence-electron chi connectivity index (χ0n) is 10.7. The maximum absolute atomic E-state index is 12.3. The van der Waals surface area contributed by atoms with E-state index in [0.29, 0.717) is 6.54 Å². The number of alkyl halides is 3. The van der Waals surface area contributed by atoms with Crippen LogP contribution in [-0.4, -0.2) is 31.6 Å². The van der Waals surface area contributed by atoms with Crippen LogP contribution in [0.1, 0.15) is 18.1 Å². The van der Waals surface area contributed by atoms with Gasteiger partial charge in [0.25, 0.3) is 0 Å². The number of rotatable bonds is 6. The highest BCUT2D eigenvalue weighted by Crippen LogP contribution is 2.28. The Hall–Kier alpha value is -1.07. The Balaban J connectivity index is 2.36. The zero-order chi connectivity index (χ0) is 13.6. The topological polar surface area (TPSA) is 15.3 Å². The van der Waals surface area contributed by atoms with E-state index in [2.05, 4.69) is 17.1 Å². The van der Waals surface area contributed by atoms with Gasteiger partial charge in [0.2, 0.25) is 0 Å². The molecule has 0 spiro atoms. The second-order valence-electron chi connectivity index (χ2n) is 4.27. The Morgan fingerprint density at radius 2 is 1.78 bits per heavy atom. The van der Waals surface area contributed by atoms with Crippen molar-refractivity contribution in [2.75, 3.05) is 26.7 Å². The summed E-state index contributed by atoms with van der Waals surface area (Å²) in [5, 5.41) is 3.20. The van der Waals surface area contributed by atoms with Gasteiger partial charge in [-0.1, -0.05) is 19.1 Å². The average Bonchev–Trinajstić information content (AvgIpc) is 2.33. The number of hydrogen-bond acceptors (Lipinski definition) is 2. The molecule has 5 heteroatoms. The predicted molar refractivity (Wildman–Crippen MR) is 66.3 cm³/mol. The maximum Gasteiger partial charge on any atom is 0.416 e. The molecule has 0 saturated carbocycles. The fourth-order valence-corrected chi connectivity index (χ4v) is 1.47. The summed E-state index contributed by atoms with van der Waals surface area (Å²) in [4.78, 5) is 2.17. The van der Waals surface area contributed by atoms with Crippen LogP contribution in [0, 0.1) is 0 Å². The molecule has 2 nitrogen and oxygen atoms in total. The molecule has 0 radical (unpaired) electrons. The van der Waals surface area contributed by atoms with Gasteiger partial charge in [-0.15, -0.1) is 0 Å². The Labute approximate surface area is 106 Å². The zero-order valence-corrected chi connectivity index (χ0v) is 10.7. The molecular weight excluding hydrogens is 241 g/mol. The molecule has 0 aliphatic carbocycles. The highest BCUT2D eigenvalue weighted by Gasteiger charge is 2.29. The highest BCUT2D eigenvalue weighted by atomic mass is 19.4. The molecule has 1 N–H and O–H groups in total. The van der Waals surface area contributed by atoms with Gasteiger partial charge >= 0.3 is 6.18 Å². The van der Waals surface area contributed by atoms with Crippen LogP contribution in [0.3, 0.4) is 0 Å². The van der Waals surface area contributed by atoms with Crippen molar-refractivity contribution < 1.29 is 13.2 Å². The van der Waals surface area contributed by atoms with E-state index >= 15 is 0 Å². The first-order chi connectivity index (χ1) is 8.43. The molecule has 0 aromatic heterocycles. The quantitative estimate of drug-likeness (QED) is 0.791. The number of hydrogen-bond donors (Lipinski definition) is 1. The third kappa shape index (κ3) is 5.06. The third-order valence-electron chi connectivity index (χ3n) is 2.82. The van der Waals surface area contributed by atoms with Crippen LogP contribution in [0.2, 0.25) is 0 Å². The van der Waals surface area contributed by atoms with Gasteiger partial charge in [-0.25, -0.2) is 0 Å². The van der Waals surface area contributed by atoms with Crippen LogP contribution in [0.15, 0.2) is 24.3 Å². The van der Waals surface area contributed by atoms with Crippen LogP contribution in [0.4, 0.5) is 13.2 Å². The number of likely N-dealkylation sites (N-methyl/N-ethyl adjacent to an activating group) is 1. The standard InChI is InChI=1S/C13H19F3N2/c1-3-18(2)9-8-17-10-11-4-6-12(7-5-11)13(14,15)16/h4-7,17H,3,8-10H2,1-2H3. The largest absolute Gasteiger partial charge is 0.416 e. The molecule has 1 aromatic rings. The molecule has 0 amide bonds. The number of benzene rings is 1. The Bertz CT molecular complexity index is 346. The van der Waals surface area contributed by atoms with Crippen LogP contribution in [-0.2, 0) is 12.7 Å². The van der Waals surface area contributed by atoms with E-state index in [4.69, 9.17) is 0 Å². The summed E-state index contributed by atoms with van der Waals surface area (Å²) < 4.78 is 37.0. The molecule has 0 saturated heterocycles. The van der Waals surface area contributed by atoms with Gasteiger partial charge in [0.05, 0.1) is 5.56 Å². The lowest BCUT2D eigenvalue weighted by molar-refractivity contribution is -0.137. The Kier molecular flexibility index (Phi) is 5.62. The minimum atomic E-state index is -4.25. The Morgan fingerprint density at radius 1 is 1.17 bits per heavy atom. The van der Waals surface area contributed by atoms with Crippen LogP contribution >= 0.6 is 0 Å². The molecule has 1 rings (SSSR count). The van der Waals surface area contributed by atoms with E-state index in [-0.39, 0.29) is 0 Å². The minimum absolute atomic E-state index is 0.593. The van der Waals surface area contributed by atoms with Crippen molar-refractivity contribution in [2.45, 2.75) is 19.6 Å². The molecule has 0 unspecified atom stereocenters. The van der Waals surface area contributed by atoms with Gasteiger partial charge in [0.1, 0.15) is 0 Å². The summed E-state index contributed by atoms with van der Waals surface area (Å²) in [6.45, 7) is 5.41. The summed E-state index contributed by atoms with van der Waals surface area (Å²) in [5.74, 6) is 0. The SMILES string of the molecule is CCN(C)CCNCc1ccc(C(F)(F)F)cc1. The van der Waals surface area contributed by atoms with Crippen molar-refractivity contribution in [3.05, 3.63) is 35.4 Å². The van der Waals surface area contributed by atoms with Crippen LogP contribution in [0.5, 0.6) is 0 Å². The van der Waals surface area contributed by atoms with E-state index in [1.807, 2.05) is 7.05 Å². The van der Waals surface area contributed by atoms with E-state index < -0.39 is 11.7 Å². The molecule has 0 fully saturated rings. The van der Waals surface area contributed by atoms with Crippen LogP contribution in [0.25, 0.3) is 0 Å². The summed E-state index contributed by atoms with van der Waals surface area (Å²) >= 11 is 0. The van der Waals surface area contributed by atoms with Gasteiger partial charge in [0, 0.05) is 19.6 Å². The minimum Gasteiger partial charge on any atom is -0.311 e. The second kappa shape index (κ2) is 6.75. The molecule has 0 atom stereocenters. The molecule has 0 heterocycles. The summed E-state index contributed by atoms with van der Waals surface area (Å²) in [6.07, 6.45) is -4.25. The average molecular weight is 260 g/mol. The lowest BCUT2D eigenvalue weighted by atomic mass is 10.1. The van der Waals surface area contributed by atoms with E-state index in [1.54, 1.807) is 0 Å². The summed E-state index contributed by atoms with van der Waals surface area (Å²) in [7, 11) is 2.03. The van der Waals surface area contributed by atoms with Crippen molar-refractivity contribution in [1.29, 1.82) is 0 Å². The summed E-state index contributed by atoms with van der Waals surface area (Å²) in [6, 6.07) is 5.27. The van der Waals surface area contributed by atoms with Gasteiger partial charge in [-0.3, -0.25) is 0 Å². The molecule has 102 valence electrons. The van der Waals surface area contributed by atoms with E-state index in [9.17, 15) is 13.2 Å². The molecule has 0 aliphatic heterocycles. The molecule has 0 aliphatic rings. The van der Waals surface area contributed by atoms with E-state index in [0.717, 1.165) is 37.3 Å². The lowest BCUT2D eigenvalue weighted by Gasteiger charge is -2.14. The number of nitrogens with one attached hydrogen (secondary N) is 1. The first-order valence-electron chi connectivity index (χ1n) is 5.99. The van der Waals surface area contributed by atoms with Gasteiger partial charge in [0.15, 0.2) is 0 Å². The molecular formula is C13H19F3N2. The van der Waals surface area contributed by atoms with E-state index in [1.165, 1.54) is 12.1 Å². The lowest BCUT2D eigenvalue weighted by Crippen LogP contribution is -2.28. The van der Waals surface area contributed by atoms with Crippen LogP contribution < -0.4 is 5.32 Å². The fourth-order valence-electron chi connectivity index (χ4n) is 1.47. The third-order valence-corrected chi connectivity index (χ3v) is 2.82. The van der Waals surface area contributed by atoms with Gasteiger partial charge < -0.3 is 10.2 Å².